The molecule has 35 heavy (non-hydrogen) atoms. The van der Waals surface area contributed by atoms with Crippen LogP contribution < -0.4 is 5.32 Å². The predicted molar refractivity (Wildman–Crippen MR) is 122 cm³/mol. The molecule has 0 saturated heterocycles. The van der Waals surface area contributed by atoms with Crippen molar-refractivity contribution >= 4 is 18.0 Å². The Bertz CT molecular complexity index is 1140. The van der Waals surface area contributed by atoms with E-state index in [0.717, 1.165) is 27.2 Å². The fraction of sp³-hybridized carbons (Fsp3) is 0.423. The average molecular weight is 484 g/mol. The fourth-order valence-electron chi connectivity index (χ4n) is 5.14. The first-order chi connectivity index (χ1) is 16.7. The van der Waals surface area contributed by atoms with E-state index in [1.54, 1.807) is 0 Å². The van der Waals surface area contributed by atoms with Crippen LogP contribution in [-0.2, 0) is 14.3 Å². The van der Waals surface area contributed by atoms with E-state index in [4.69, 9.17) is 4.74 Å². The zero-order valence-electron chi connectivity index (χ0n) is 19.1. The Morgan fingerprint density at radius 3 is 2.20 bits per heavy atom. The molecule has 7 nitrogen and oxygen atoms in total. The lowest BCUT2D eigenvalue weighted by atomic mass is 9.98. The van der Waals surface area contributed by atoms with E-state index < -0.39 is 48.3 Å². The van der Waals surface area contributed by atoms with Gasteiger partial charge in [0.15, 0.2) is 0 Å². The van der Waals surface area contributed by atoms with E-state index in [0.29, 0.717) is 12.8 Å². The monoisotopic (exact) mass is 484 g/mol. The van der Waals surface area contributed by atoms with Crippen LogP contribution in [-0.4, -0.2) is 59.1 Å². The van der Waals surface area contributed by atoms with Gasteiger partial charge < -0.3 is 20.1 Å². The number of halogens is 2. The van der Waals surface area contributed by atoms with E-state index in [1.165, 1.54) is 6.92 Å². The number of aliphatic carboxylic acids is 1. The molecule has 3 aliphatic rings. The zero-order valence-corrected chi connectivity index (χ0v) is 19.1. The van der Waals surface area contributed by atoms with Crippen molar-refractivity contribution in [2.24, 2.45) is 11.8 Å². The highest BCUT2D eigenvalue weighted by molar-refractivity contribution is 5.88. The van der Waals surface area contributed by atoms with Crippen molar-refractivity contribution in [3.63, 3.8) is 0 Å². The molecule has 184 valence electrons. The zero-order chi connectivity index (χ0) is 24.9. The van der Waals surface area contributed by atoms with Gasteiger partial charge in [-0.25, -0.2) is 18.4 Å². The summed E-state index contributed by atoms with van der Waals surface area (Å²) < 4.78 is 34.3. The second-order valence-corrected chi connectivity index (χ2v) is 9.46. The first kappa shape index (κ1) is 23.3. The smallest absolute Gasteiger partial charge is 0.407 e. The maximum atomic E-state index is 14.4. The summed E-state index contributed by atoms with van der Waals surface area (Å²) in [7, 11) is 0. The Balaban J connectivity index is 1.18. The van der Waals surface area contributed by atoms with E-state index in [-0.39, 0.29) is 18.6 Å². The third-order valence-electron chi connectivity index (χ3n) is 7.25. The number of hydrogen-bond acceptors (Lipinski definition) is 4. The lowest BCUT2D eigenvalue weighted by Gasteiger charge is -2.26. The summed E-state index contributed by atoms with van der Waals surface area (Å²) in [6.07, 6.45) is 0.368. The number of carbonyl (C=O) groups excluding carboxylic acids is 2. The van der Waals surface area contributed by atoms with Gasteiger partial charge in [0.2, 0.25) is 5.91 Å². The molecule has 2 saturated carbocycles. The minimum atomic E-state index is -3.31. The lowest BCUT2D eigenvalue weighted by Crippen LogP contribution is -2.46. The molecule has 2 aromatic rings. The van der Waals surface area contributed by atoms with Crippen LogP contribution in [0.15, 0.2) is 48.5 Å². The average Bonchev–Trinajstić information content (AvgIpc) is 3.72. The maximum Gasteiger partial charge on any atom is 0.407 e. The molecule has 0 spiro atoms. The molecule has 2 N–H and O–H groups in total. The molecule has 2 aromatic carbocycles. The Morgan fingerprint density at radius 1 is 1.09 bits per heavy atom. The highest BCUT2D eigenvalue weighted by atomic mass is 19.3. The van der Waals surface area contributed by atoms with Crippen LogP contribution in [0.3, 0.4) is 0 Å². The first-order valence-electron chi connectivity index (χ1n) is 11.7. The molecule has 3 atom stereocenters. The topological polar surface area (TPSA) is 95.9 Å². The van der Waals surface area contributed by atoms with E-state index in [9.17, 15) is 28.3 Å². The van der Waals surface area contributed by atoms with Crippen LogP contribution in [0, 0.1) is 11.8 Å². The molecule has 3 unspecified atom stereocenters. The number of alkyl carbamates (subject to hydrolysis) is 1. The van der Waals surface area contributed by atoms with Crippen LogP contribution in [0.25, 0.3) is 11.1 Å². The van der Waals surface area contributed by atoms with Gasteiger partial charge in [0.05, 0.1) is 5.92 Å². The summed E-state index contributed by atoms with van der Waals surface area (Å²) >= 11 is 0. The van der Waals surface area contributed by atoms with Crippen LogP contribution in [0.2, 0.25) is 0 Å². The number of amides is 2. The maximum absolute atomic E-state index is 14.4. The molecule has 0 aliphatic heterocycles. The SMILES string of the molecule is CC(C(=O)O)N(C(=O)C1C(CNC(=O)OCC2c3ccccc3-c3ccccc32)C1(F)F)C1CC1. The van der Waals surface area contributed by atoms with Gasteiger partial charge in [0.25, 0.3) is 5.92 Å². The van der Waals surface area contributed by atoms with Crippen LogP contribution in [0.5, 0.6) is 0 Å². The lowest BCUT2D eigenvalue weighted by molar-refractivity contribution is -0.151. The third-order valence-corrected chi connectivity index (χ3v) is 7.25. The molecular weight excluding hydrogens is 458 g/mol. The Kier molecular flexibility index (Phi) is 5.73. The normalized spacial score (nSPS) is 22.5. The summed E-state index contributed by atoms with van der Waals surface area (Å²) in [5, 5.41) is 11.6. The molecule has 0 bridgehead atoms. The second-order valence-electron chi connectivity index (χ2n) is 9.46. The predicted octanol–water partition coefficient (Wildman–Crippen LogP) is 3.87. The highest BCUT2D eigenvalue weighted by Gasteiger charge is 2.73. The first-order valence-corrected chi connectivity index (χ1v) is 11.7. The van der Waals surface area contributed by atoms with Crippen LogP contribution >= 0.6 is 0 Å². The number of benzene rings is 2. The van der Waals surface area contributed by atoms with Crippen LogP contribution in [0.4, 0.5) is 13.6 Å². The van der Waals surface area contributed by atoms with Gasteiger partial charge in [0, 0.05) is 18.5 Å². The van der Waals surface area contributed by atoms with Crippen molar-refractivity contribution in [1.29, 1.82) is 0 Å². The molecule has 0 aromatic heterocycles. The molecule has 0 radical (unpaired) electrons. The van der Waals surface area contributed by atoms with Crippen molar-refractivity contribution < 1.29 is 33.0 Å². The molecule has 0 heterocycles. The minimum absolute atomic E-state index is 0.0505. The standard InChI is InChI=1S/C26H26F2N2O5/c1-14(24(32)33)30(15-10-11-15)23(31)22-21(26(22,27)28)12-29-25(34)35-13-20-18-8-4-2-6-16(18)17-7-3-5-9-19(17)20/h2-9,14-15,20-22H,10-13H2,1H3,(H,29,34)(H,32,33). The Labute approximate surface area is 201 Å². The van der Waals surface area contributed by atoms with Crippen LogP contribution in [0.1, 0.15) is 36.8 Å². The molecule has 2 amide bonds. The molecule has 5 rings (SSSR count). The number of carbonyl (C=O) groups is 3. The second kappa shape index (κ2) is 8.62. The largest absolute Gasteiger partial charge is 0.480 e. The Morgan fingerprint density at radius 2 is 1.66 bits per heavy atom. The molecular formula is C26H26F2N2O5. The number of alkyl halides is 2. The highest BCUT2D eigenvalue weighted by Crippen LogP contribution is 2.56. The van der Waals surface area contributed by atoms with Crippen molar-refractivity contribution in [1.82, 2.24) is 10.2 Å². The van der Waals surface area contributed by atoms with Crippen molar-refractivity contribution in [3.8, 4) is 11.1 Å². The van der Waals surface area contributed by atoms with E-state index in [1.807, 2.05) is 48.5 Å². The van der Waals surface area contributed by atoms with E-state index in [2.05, 4.69) is 5.32 Å². The molecule has 2 fully saturated rings. The van der Waals surface area contributed by atoms with Crippen molar-refractivity contribution in [3.05, 3.63) is 59.7 Å². The number of ether oxygens (including phenoxy) is 1. The number of fused-ring (bicyclic) bond motifs is 3. The van der Waals surface area contributed by atoms with Gasteiger partial charge >= 0.3 is 12.1 Å². The van der Waals surface area contributed by atoms with E-state index >= 15 is 0 Å². The number of carboxylic acid groups (broad SMARTS) is 1. The van der Waals surface area contributed by atoms with Gasteiger partial charge in [0.1, 0.15) is 18.6 Å². The van der Waals surface area contributed by atoms with Gasteiger partial charge in [-0.1, -0.05) is 48.5 Å². The quantitative estimate of drug-likeness (QED) is 0.593. The fourth-order valence-corrected chi connectivity index (χ4v) is 5.14. The van der Waals surface area contributed by atoms with Crippen molar-refractivity contribution in [2.45, 2.75) is 43.7 Å². The number of carboxylic acids is 1. The summed E-state index contributed by atoms with van der Waals surface area (Å²) in [4.78, 5) is 37.5. The third kappa shape index (κ3) is 4.13. The number of hydrogen-bond donors (Lipinski definition) is 2. The minimum Gasteiger partial charge on any atom is -0.480 e. The number of rotatable bonds is 8. The van der Waals surface area contributed by atoms with Gasteiger partial charge in [-0.2, -0.15) is 0 Å². The summed E-state index contributed by atoms with van der Waals surface area (Å²) in [5.41, 5.74) is 4.22. The van der Waals surface area contributed by atoms with Crippen molar-refractivity contribution in [2.75, 3.05) is 13.2 Å². The molecule has 3 aliphatic carbocycles. The summed E-state index contributed by atoms with van der Waals surface area (Å²) in [5.74, 6) is -8.60. The number of nitrogens with one attached hydrogen (secondary N) is 1. The van der Waals surface area contributed by atoms with Gasteiger partial charge in [-0.3, -0.25) is 4.79 Å². The number of nitrogens with zero attached hydrogens (tertiary/aromatic N) is 1. The van der Waals surface area contributed by atoms with Gasteiger partial charge in [-0.05, 0) is 42.0 Å². The summed E-state index contributed by atoms with van der Waals surface area (Å²) in [6, 6.07) is 14.2. The summed E-state index contributed by atoms with van der Waals surface area (Å²) in [6.45, 7) is 0.942. The molecule has 9 heteroatoms. The van der Waals surface area contributed by atoms with Gasteiger partial charge in [-0.15, -0.1) is 0 Å². The Hall–Kier alpha value is -3.49.